The lowest BCUT2D eigenvalue weighted by Crippen LogP contribution is -2.47. The van der Waals surface area contributed by atoms with E-state index >= 15 is 0 Å². The Bertz CT molecular complexity index is 632. The first-order chi connectivity index (χ1) is 14.9. The monoisotopic (exact) mass is 451 g/mol. The quantitative estimate of drug-likeness (QED) is 0.308. The van der Waals surface area contributed by atoms with Crippen LogP contribution in [-0.4, -0.2) is 37.8 Å². The van der Waals surface area contributed by atoms with Gasteiger partial charge in [-0.3, -0.25) is 0 Å². The fourth-order valence-corrected chi connectivity index (χ4v) is 3.43. The maximum atomic E-state index is 13.1. The third-order valence-corrected chi connectivity index (χ3v) is 4.91. The molecule has 7 heteroatoms. The molecule has 1 heterocycles. The summed E-state index contributed by atoms with van der Waals surface area (Å²) < 4.78 is 12.9. The zero-order chi connectivity index (χ0) is 24.2. The Morgan fingerprint density at radius 3 is 1.72 bits per heavy atom. The summed E-state index contributed by atoms with van der Waals surface area (Å²) in [6.07, 6.45) is 14.5. The normalized spacial score (nSPS) is 13.0. The Morgan fingerprint density at radius 1 is 0.844 bits per heavy atom. The van der Waals surface area contributed by atoms with Gasteiger partial charge in [-0.25, -0.2) is 14.6 Å². The van der Waals surface area contributed by atoms with Crippen molar-refractivity contribution in [3.63, 3.8) is 0 Å². The Balaban J connectivity index is 2.85. The largest absolute Gasteiger partial charge is 0.443 e. The number of aromatic nitrogens is 2. The van der Waals surface area contributed by atoms with E-state index in [0.717, 1.165) is 24.2 Å². The zero-order valence-electron chi connectivity index (χ0n) is 21.4. The molecule has 1 aromatic heterocycles. The van der Waals surface area contributed by atoms with Crippen molar-refractivity contribution in [2.75, 3.05) is 0 Å². The van der Waals surface area contributed by atoms with Crippen molar-refractivity contribution in [1.29, 1.82) is 0 Å². The second-order valence-electron chi connectivity index (χ2n) is 10.4. The molecule has 0 aliphatic rings. The van der Waals surface area contributed by atoms with Crippen molar-refractivity contribution in [2.45, 2.75) is 130 Å². The predicted octanol–water partition coefficient (Wildman–Crippen LogP) is 7.47. The second kappa shape index (κ2) is 13.5. The number of hydrogen-bond donors (Lipinski definition) is 0. The highest BCUT2D eigenvalue weighted by atomic mass is 16.6. The molecule has 0 aliphatic carbocycles. The van der Waals surface area contributed by atoms with Crippen LogP contribution in [-0.2, 0) is 9.47 Å². The van der Waals surface area contributed by atoms with Crippen LogP contribution in [0.15, 0.2) is 18.7 Å². The highest BCUT2D eigenvalue weighted by Crippen LogP contribution is 2.26. The molecule has 0 N–H and O–H groups in total. The Hall–Kier alpha value is -2.05. The molecule has 1 unspecified atom stereocenters. The first-order valence-electron chi connectivity index (χ1n) is 12.2. The van der Waals surface area contributed by atoms with E-state index in [1.54, 1.807) is 64.8 Å². The van der Waals surface area contributed by atoms with E-state index in [1.807, 2.05) is 0 Å². The van der Waals surface area contributed by atoms with Gasteiger partial charge in [0.15, 0.2) is 0 Å². The molecule has 0 saturated carbocycles. The molecule has 32 heavy (non-hydrogen) atoms. The van der Waals surface area contributed by atoms with Crippen molar-refractivity contribution < 1.29 is 19.1 Å². The molecule has 184 valence electrons. The standard InChI is InChI=1S/C25H45N3O4/c1-8-9-10-11-12-13-14-15-16-17-21(27-19-18-26-20-27)28(22(29)31-24(2,3)4)23(30)32-25(5,6)7/h18-21H,8-17H2,1-7H3. The topological polar surface area (TPSA) is 73.7 Å². The van der Waals surface area contributed by atoms with Gasteiger partial charge in [0.05, 0.1) is 6.33 Å². The summed E-state index contributed by atoms with van der Waals surface area (Å²) in [7, 11) is 0. The Labute approximate surface area is 194 Å². The number of ether oxygens (including phenoxy) is 2. The van der Waals surface area contributed by atoms with E-state index in [0.29, 0.717) is 6.42 Å². The van der Waals surface area contributed by atoms with Crippen molar-refractivity contribution in [1.82, 2.24) is 14.5 Å². The molecule has 0 fully saturated rings. The van der Waals surface area contributed by atoms with Gasteiger partial charge >= 0.3 is 12.2 Å². The molecule has 0 radical (unpaired) electrons. The van der Waals surface area contributed by atoms with Gasteiger partial charge in [-0.1, -0.05) is 58.3 Å². The molecule has 0 spiro atoms. The van der Waals surface area contributed by atoms with Crippen molar-refractivity contribution >= 4 is 12.2 Å². The average molecular weight is 452 g/mol. The summed E-state index contributed by atoms with van der Waals surface area (Å²) in [6, 6.07) is 0. The highest BCUT2D eigenvalue weighted by Gasteiger charge is 2.37. The third-order valence-electron chi connectivity index (χ3n) is 4.91. The number of nitrogens with zero attached hydrogens (tertiary/aromatic N) is 3. The van der Waals surface area contributed by atoms with Crippen LogP contribution in [0.2, 0.25) is 0 Å². The van der Waals surface area contributed by atoms with Crippen LogP contribution in [0.4, 0.5) is 9.59 Å². The van der Waals surface area contributed by atoms with Crippen LogP contribution in [0.25, 0.3) is 0 Å². The number of carbonyl (C=O) groups excluding carboxylic acids is 2. The van der Waals surface area contributed by atoms with Gasteiger partial charge in [0.2, 0.25) is 0 Å². The summed E-state index contributed by atoms with van der Waals surface area (Å²) in [5, 5.41) is 0. The lowest BCUT2D eigenvalue weighted by molar-refractivity contribution is -0.0165. The fraction of sp³-hybridized carbons (Fsp3) is 0.800. The van der Waals surface area contributed by atoms with E-state index in [-0.39, 0.29) is 0 Å². The van der Waals surface area contributed by atoms with Gasteiger partial charge < -0.3 is 14.0 Å². The lowest BCUT2D eigenvalue weighted by atomic mass is 10.1. The number of rotatable bonds is 12. The minimum Gasteiger partial charge on any atom is -0.443 e. The van der Waals surface area contributed by atoms with Crippen LogP contribution in [0, 0.1) is 0 Å². The van der Waals surface area contributed by atoms with Gasteiger partial charge in [0.25, 0.3) is 0 Å². The van der Waals surface area contributed by atoms with E-state index in [4.69, 9.17) is 9.47 Å². The van der Waals surface area contributed by atoms with Crippen LogP contribution in [0.1, 0.15) is 119 Å². The Kier molecular flexibility index (Phi) is 11.8. The van der Waals surface area contributed by atoms with E-state index in [9.17, 15) is 9.59 Å². The molecule has 1 rings (SSSR count). The number of imide groups is 1. The SMILES string of the molecule is CCCCCCCCCCCC(N(C(=O)OC(C)(C)C)C(=O)OC(C)(C)C)n1ccnc1. The molecule has 1 atom stereocenters. The molecule has 0 aliphatic heterocycles. The minimum atomic E-state index is -0.728. The van der Waals surface area contributed by atoms with Gasteiger partial charge in [0, 0.05) is 12.4 Å². The maximum Gasteiger partial charge on any atom is 0.421 e. The van der Waals surface area contributed by atoms with Gasteiger partial charge in [0.1, 0.15) is 17.4 Å². The first kappa shape index (κ1) is 28.0. The average Bonchev–Trinajstić information content (AvgIpc) is 3.17. The number of imidazole rings is 1. The molecular weight excluding hydrogens is 406 g/mol. The molecule has 2 amide bonds. The molecule has 0 saturated heterocycles. The molecule has 7 nitrogen and oxygen atoms in total. The van der Waals surface area contributed by atoms with Gasteiger partial charge in [-0.2, -0.15) is 4.90 Å². The number of amides is 2. The fourth-order valence-electron chi connectivity index (χ4n) is 3.43. The number of hydrogen-bond acceptors (Lipinski definition) is 5. The summed E-state index contributed by atoms with van der Waals surface area (Å²) in [5.41, 5.74) is -1.46. The first-order valence-corrected chi connectivity index (χ1v) is 12.2. The smallest absolute Gasteiger partial charge is 0.421 e. The lowest BCUT2D eigenvalue weighted by Gasteiger charge is -2.34. The van der Waals surface area contributed by atoms with Crippen LogP contribution < -0.4 is 0 Å². The summed E-state index contributed by atoms with van der Waals surface area (Å²) >= 11 is 0. The predicted molar refractivity (Wildman–Crippen MR) is 127 cm³/mol. The zero-order valence-corrected chi connectivity index (χ0v) is 21.4. The van der Waals surface area contributed by atoms with E-state index < -0.39 is 29.6 Å². The number of carbonyl (C=O) groups is 2. The van der Waals surface area contributed by atoms with Crippen molar-refractivity contribution in [3.05, 3.63) is 18.7 Å². The van der Waals surface area contributed by atoms with Crippen LogP contribution in [0.3, 0.4) is 0 Å². The van der Waals surface area contributed by atoms with E-state index in [2.05, 4.69) is 11.9 Å². The van der Waals surface area contributed by atoms with Gasteiger partial charge in [-0.05, 0) is 54.4 Å². The van der Waals surface area contributed by atoms with Crippen LogP contribution in [0.5, 0.6) is 0 Å². The summed E-state index contributed by atoms with van der Waals surface area (Å²) in [6.45, 7) is 12.9. The molecular formula is C25H45N3O4. The number of unbranched alkanes of at least 4 members (excludes halogenated alkanes) is 8. The van der Waals surface area contributed by atoms with Crippen molar-refractivity contribution in [3.8, 4) is 0 Å². The van der Waals surface area contributed by atoms with E-state index in [1.165, 1.54) is 38.5 Å². The molecule has 1 aromatic rings. The third kappa shape index (κ3) is 11.5. The van der Waals surface area contributed by atoms with Gasteiger partial charge in [-0.15, -0.1) is 0 Å². The summed E-state index contributed by atoms with van der Waals surface area (Å²) in [4.78, 5) is 31.3. The van der Waals surface area contributed by atoms with Crippen molar-refractivity contribution in [2.24, 2.45) is 0 Å². The Morgan fingerprint density at radius 2 is 1.31 bits per heavy atom. The maximum absolute atomic E-state index is 13.1. The minimum absolute atomic E-state index is 0.549. The molecule has 0 bridgehead atoms. The molecule has 0 aromatic carbocycles. The van der Waals surface area contributed by atoms with Crippen LogP contribution >= 0.6 is 0 Å². The summed E-state index contributed by atoms with van der Waals surface area (Å²) in [5.74, 6) is 0. The second-order valence-corrected chi connectivity index (χ2v) is 10.4. The highest BCUT2D eigenvalue weighted by molar-refractivity contribution is 5.88.